The van der Waals surface area contributed by atoms with Crippen LogP contribution in [-0.4, -0.2) is 41.0 Å². The molecule has 2 N–H and O–H groups in total. The number of nitrogens with one attached hydrogen (secondary N) is 1. The highest BCUT2D eigenvalue weighted by Gasteiger charge is 2.26. The van der Waals surface area contributed by atoms with Crippen molar-refractivity contribution in [3.8, 4) is 5.75 Å². The number of carbonyl (C=O) groups excluding carboxylic acids is 2. The number of aromatic hydroxyl groups is 1. The Bertz CT molecular complexity index is 786. The van der Waals surface area contributed by atoms with Crippen molar-refractivity contribution in [3.05, 3.63) is 64.7 Å². The Hall–Kier alpha value is -2.53. The van der Waals surface area contributed by atoms with Gasteiger partial charge in [0.15, 0.2) is 0 Å². The number of hydrogen-bond donors (Lipinski definition) is 2. The van der Waals surface area contributed by atoms with Crippen molar-refractivity contribution in [1.29, 1.82) is 0 Å². The van der Waals surface area contributed by atoms with Crippen molar-refractivity contribution in [1.82, 2.24) is 10.2 Å². The Morgan fingerprint density at radius 3 is 2.48 bits per heavy atom. The van der Waals surface area contributed by atoms with Crippen molar-refractivity contribution in [2.24, 2.45) is 0 Å². The lowest BCUT2D eigenvalue weighted by atomic mass is 10.0. The first-order valence-corrected chi connectivity index (χ1v) is 8.56. The van der Waals surface area contributed by atoms with Gasteiger partial charge in [-0.2, -0.15) is 0 Å². The molecule has 0 aliphatic carbocycles. The van der Waals surface area contributed by atoms with Gasteiger partial charge in [-0.15, -0.1) is 0 Å². The first kappa shape index (κ1) is 17.3. The molecule has 0 unspecified atom stereocenters. The molecule has 0 radical (unpaired) electrons. The van der Waals surface area contributed by atoms with Crippen LogP contribution in [0.5, 0.6) is 5.75 Å². The van der Waals surface area contributed by atoms with Crippen molar-refractivity contribution in [3.63, 3.8) is 0 Å². The maximum Gasteiger partial charge on any atom is 0.257 e. The van der Waals surface area contributed by atoms with Crippen LogP contribution in [0.3, 0.4) is 0 Å². The van der Waals surface area contributed by atoms with Gasteiger partial charge in [0.1, 0.15) is 5.75 Å². The Balaban J connectivity index is 1.56. The number of phenols is 1. The molecule has 1 aliphatic heterocycles. The summed E-state index contributed by atoms with van der Waals surface area (Å²) in [4.78, 5) is 26.4. The standard InChI is InChI=1S/C19H19ClN2O3/c20-14-5-3-4-13(12-14)18(24)21-15-8-10-22(11-9-15)19(25)16-6-1-2-7-17(16)23/h1-7,12,15,23H,8-11H2,(H,21,24). The fraction of sp³-hybridized carbons (Fsp3) is 0.263. The number of benzene rings is 2. The summed E-state index contributed by atoms with van der Waals surface area (Å²) in [5.41, 5.74) is 0.837. The van der Waals surface area contributed by atoms with E-state index in [1.54, 1.807) is 47.4 Å². The van der Waals surface area contributed by atoms with Gasteiger partial charge < -0.3 is 15.3 Å². The molecule has 1 aliphatic rings. The number of nitrogens with zero attached hydrogens (tertiary/aromatic N) is 1. The fourth-order valence-corrected chi connectivity index (χ4v) is 3.14. The zero-order valence-electron chi connectivity index (χ0n) is 13.6. The summed E-state index contributed by atoms with van der Waals surface area (Å²) >= 11 is 5.91. The van der Waals surface area contributed by atoms with Crippen LogP contribution < -0.4 is 5.32 Å². The largest absolute Gasteiger partial charge is 0.507 e. The zero-order valence-corrected chi connectivity index (χ0v) is 14.4. The number of amides is 2. The highest BCUT2D eigenvalue weighted by molar-refractivity contribution is 6.30. The zero-order chi connectivity index (χ0) is 17.8. The molecule has 1 saturated heterocycles. The third kappa shape index (κ3) is 4.12. The van der Waals surface area contributed by atoms with Gasteiger partial charge in [-0.25, -0.2) is 0 Å². The molecule has 0 atom stereocenters. The second kappa shape index (κ2) is 7.57. The van der Waals surface area contributed by atoms with Gasteiger partial charge >= 0.3 is 0 Å². The molecule has 0 saturated carbocycles. The molecule has 0 spiro atoms. The van der Waals surface area contributed by atoms with Crippen LogP contribution in [0.4, 0.5) is 0 Å². The molecule has 1 heterocycles. The van der Waals surface area contributed by atoms with Crippen molar-refractivity contribution >= 4 is 23.4 Å². The third-order valence-electron chi connectivity index (χ3n) is 4.34. The second-order valence-electron chi connectivity index (χ2n) is 6.07. The summed E-state index contributed by atoms with van der Waals surface area (Å²) in [5, 5.41) is 13.3. The Labute approximate surface area is 151 Å². The Morgan fingerprint density at radius 1 is 1.08 bits per heavy atom. The highest BCUT2D eigenvalue weighted by Crippen LogP contribution is 2.21. The monoisotopic (exact) mass is 358 g/mol. The molecule has 5 nitrogen and oxygen atoms in total. The maximum atomic E-state index is 12.5. The van der Waals surface area contributed by atoms with Crippen LogP contribution in [0.15, 0.2) is 48.5 Å². The molecule has 1 fully saturated rings. The SMILES string of the molecule is O=C(NC1CCN(C(=O)c2ccccc2O)CC1)c1cccc(Cl)c1. The van der Waals surface area contributed by atoms with Crippen LogP contribution in [-0.2, 0) is 0 Å². The predicted octanol–water partition coefficient (Wildman–Crippen LogP) is 3.08. The van der Waals surface area contributed by atoms with Crippen LogP contribution >= 0.6 is 11.6 Å². The van der Waals surface area contributed by atoms with Crippen LogP contribution in [0.25, 0.3) is 0 Å². The molecule has 3 rings (SSSR count). The van der Waals surface area contributed by atoms with Gasteiger partial charge in [-0.05, 0) is 43.2 Å². The van der Waals surface area contributed by atoms with Crippen molar-refractivity contribution in [2.45, 2.75) is 18.9 Å². The number of carbonyl (C=O) groups is 2. The van der Waals surface area contributed by atoms with E-state index in [2.05, 4.69) is 5.32 Å². The minimum absolute atomic E-state index is 0.0103. The predicted molar refractivity (Wildman–Crippen MR) is 96.0 cm³/mol. The molecule has 0 aromatic heterocycles. The minimum Gasteiger partial charge on any atom is -0.507 e. The Kier molecular flexibility index (Phi) is 5.24. The van der Waals surface area contributed by atoms with E-state index < -0.39 is 0 Å². The quantitative estimate of drug-likeness (QED) is 0.885. The van der Waals surface area contributed by atoms with E-state index in [4.69, 9.17) is 11.6 Å². The topological polar surface area (TPSA) is 69.6 Å². The number of hydrogen-bond acceptors (Lipinski definition) is 3. The van der Waals surface area contributed by atoms with Gasteiger partial charge in [0.05, 0.1) is 5.56 Å². The smallest absolute Gasteiger partial charge is 0.257 e. The maximum absolute atomic E-state index is 12.5. The number of likely N-dealkylation sites (tertiary alicyclic amines) is 1. The molecule has 6 heteroatoms. The highest BCUT2D eigenvalue weighted by atomic mass is 35.5. The minimum atomic E-state index is -0.183. The normalized spacial score (nSPS) is 15.0. The molecular weight excluding hydrogens is 340 g/mol. The fourth-order valence-electron chi connectivity index (χ4n) is 2.95. The van der Waals surface area contributed by atoms with Gasteiger partial charge in [-0.3, -0.25) is 9.59 Å². The van der Waals surface area contributed by atoms with E-state index in [9.17, 15) is 14.7 Å². The summed E-state index contributed by atoms with van der Waals surface area (Å²) < 4.78 is 0. The molecule has 0 bridgehead atoms. The number of rotatable bonds is 3. The summed E-state index contributed by atoms with van der Waals surface area (Å²) in [6, 6.07) is 13.4. The number of phenolic OH excluding ortho intramolecular Hbond substituents is 1. The Morgan fingerprint density at radius 2 is 1.80 bits per heavy atom. The summed E-state index contributed by atoms with van der Waals surface area (Å²) in [6.45, 7) is 1.07. The van der Waals surface area contributed by atoms with E-state index in [0.717, 1.165) is 0 Å². The van der Waals surface area contributed by atoms with Gasteiger partial charge in [0.25, 0.3) is 11.8 Å². The molecule has 2 amide bonds. The van der Waals surface area contributed by atoms with E-state index in [1.165, 1.54) is 6.07 Å². The van der Waals surface area contributed by atoms with E-state index >= 15 is 0 Å². The van der Waals surface area contributed by atoms with Crippen LogP contribution in [0.2, 0.25) is 5.02 Å². The average Bonchev–Trinajstić information content (AvgIpc) is 2.62. The second-order valence-corrected chi connectivity index (χ2v) is 6.50. The lowest BCUT2D eigenvalue weighted by Gasteiger charge is -2.32. The summed E-state index contributed by atoms with van der Waals surface area (Å²) in [5.74, 6) is -0.352. The molecule has 2 aromatic rings. The average molecular weight is 359 g/mol. The number of piperidine rings is 1. The number of halogens is 1. The lowest BCUT2D eigenvalue weighted by Crippen LogP contribution is -2.46. The number of para-hydroxylation sites is 1. The van der Waals surface area contributed by atoms with Gasteiger partial charge in [-0.1, -0.05) is 29.8 Å². The van der Waals surface area contributed by atoms with E-state index in [0.29, 0.717) is 42.1 Å². The summed E-state index contributed by atoms with van der Waals surface area (Å²) in [7, 11) is 0. The molecule has 2 aromatic carbocycles. The van der Waals surface area contributed by atoms with Gasteiger partial charge in [0.2, 0.25) is 0 Å². The van der Waals surface area contributed by atoms with Crippen LogP contribution in [0.1, 0.15) is 33.6 Å². The summed E-state index contributed by atoms with van der Waals surface area (Å²) in [6.07, 6.45) is 1.34. The van der Waals surface area contributed by atoms with Crippen molar-refractivity contribution in [2.75, 3.05) is 13.1 Å². The van der Waals surface area contributed by atoms with E-state index in [1.807, 2.05) is 0 Å². The third-order valence-corrected chi connectivity index (χ3v) is 4.57. The van der Waals surface area contributed by atoms with Crippen LogP contribution in [0, 0.1) is 0 Å². The molecular formula is C19H19ClN2O3. The van der Waals surface area contributed by atoms with Crippen molar-refractivity contribution < 1.29 is 14.7 Å². The molecule has 25 heavy (non-hydrogen) atoms. The van der Waals surface area contributed by atoms with E-state index in [-0.39, 0.29) is 23.6 Å². The van der Waals surface area contributed by atoms with Gasteiger partial charge in [0, 0.05) is 29.7 Å². The first-order valence-electron chi connectivity index (χ1n) is 8.18. The lowest BCUT2D eigenvalue weighted by molar-refractivity contribution is 0.0695. The first-order chi connectivity index (χ1) is 12.0. The molecule has 130 valence electrons.